The van der Waals surface area contributed by atoms with Gasteiger partial charge < -0.3 is 9.84 Å². The molecule has 0 radical (unpaired) electrons. The van der Waals surface area contributed by atoms with Crippen molar-refractivity contribution in [2.75, 3.05) is 13.2 Å². The quantitative estimate of drug-likeness (QED) is 0.678. The van der Waals surface area contributed by atoms with Gasteiger partial charge in [0, 0.05) is 12.8 Å². The van der Waals surface area contributed by atoms with Gasteiger partial charge in [0.2, 0.25) is 0 Å². The Balaban J connectivity index is 2.07. The number of pyridine rings is 1. The van der Waals surface area contributed by atoms with Crippen LogP contribution in [-0.2, 0) is 0 Å². The molecule has 0 aromatic carbocycles. The SMILES string of the molecule is OCCCCCOc1cccnc1. The van der Waals surface area contributed by atoms with E-state index in [0.29, 0.717) is 6.61 Å². The van der Waals surface area contributed by atoms with Crippen LogP contribution in [0.1, 0.15) is 19.3 Å². The zero-order valence-electron chi connectivity index (χ0n) is 7.65. The molecule has 0 aliphatic rings. The predicted octanol–water partition coefficient (Wildman–Crippen LogP) is 1.62. The van der Waals surface area contributed by atoms with Crippen LogP contribution in [-0.4, -0.2) is 23.3 Å². The minimum atomic E-state index is 0.271. The number of unbranched alkanes of at least 4 members (excludes halogenated alkanes) is 2. The molecule has 1 aromatic rings. The van der Waals surface area contributed by atoms with Gasteiger partial charge in [0.05, 0.1) is 12.8 Å². The molecule has 0 bridgehead atoms. The average molecular weight is 181 g/mol. The maximum absolute atomic E-state index is 8.53. The fraction of sp³-hybridized carbons (Fsp3) is 0.500. The molecule has 1 heterocycles. The second kappa shape index (κ2) is 6.43. The summed E-state index contributed by atoms with van der Waals surface area (Å²) in [6.45, 7) is 0.971. The molecule has 0 saturated heterocycles. The Morgan fingerprint density at radius 3 is 2.92 bits per heavy atom. The average Bonchev–Trinajstić information content (AvgIpc) is 2.19. The van der Waals surface area contributed by atoms with E-state index < -0.39 is 0 Å². The molecule has 0 fully saturated rings. The van der Waals surface area contributed by atoms with Crippen LogP contribution in [0.4, 0.5) is 0 Å². The minimum absolute atomic E-state index is 0.271. The third-order valence-electron chi connectivity index (χ3n) is 1.71. The fourth-order valence-electron chi connectivity index (χ4n) is 1.01. The Morgan fingerprint density at radius 1 is 1.31 bits per heavy atom. The fourth-order valence-corrected chi connectivity index (χ4v) is 1.01. The van der Waals surface area contributed by atoms with Crippen molar-refractivity contribution in [1.82, 2.24) is 4.98 Å². The third kappa shape index (κ3) is 4.48. The number of hydrogen-bond donors (Lipinski definition) is 1. The molecule has 0 spiro atoms. The monoisotopic (exact) mass is 181 g/mol. The van der Waals surface area contributed by atoms with Gasteiger partial charge in [0.1, 0.15) is 5.75 Å². The summed E-state index contributed by atoms with van der Waals surface area (Å²) in [5, 5.41) is 8.53. The van der Waals surface area contributed by atoms with Gasteiger partial charge in [-0.25, -0.2) is 0 Å². The smallest absolute Gasteiger partial charge is 0.137 e. The molecule has 13 heavy (non-hydrogen) atoms. The van der Waals surface area contributed by atoms with Gasteiger partial charge in [-0.05, 0) is 31.4 Å². The lowest BCUT2D eigenvalue weighted by atomic mass is 10.2. The van der Waals surface area contributed by atoms with Crippen LogP contribution in [0.3, 0.4) is 0 Å². The van der Waals surface area contributed by atoms with Crippen LogP contribution in [0.15, 0.2) is 24.5 Å². The number of aromatic nitrogens is 1. The van der Waals surface area contributed by atoms with Crippen molar-refractivity contribution < 1.29 is 9.84 Å². The van der Waals surface area contributed by atoms with Crippen molar-refractivity contribution in [1.29, 1.82) is 0 Å². The molecule has 0 aliphatic heterocycles. The van der Waals surface area contributed by atoms with Gasteiger partial charge in [-0.2, -0.15) is 0 Å². The van der Waals surface area contributed by atoms with Crippen molar-refractivity contribution in [3.8, 4) is 5.75 Å². The summed E-state index contributed by atoms with van der Waals surface area (Å²) in [4.78, 5) is 3.93. The lowest BCUT2D eigenvalue weighted by Crippen LogP contribution is -1.97. The maximum Gasteiger partial charge on any atom is 0.137 e. The number of rotatable bonds is 6. The summed E-state index contributed by atoms with van der Waals surface area (Å²) >= 11 is 0. The zero-order chi connectivity index (χ0) is 9.36. The highest BCUT2D eigenvalue weighted by molar-refractivity contribution is 5.15. The Labute approximate surface area is 78.4 Å². The Hall–Kier alpha value is -1.09. The van der Waals surface area contributed by atoms with Gasteiger partial charge in [-0.3, -0.25) is 4.98 Å². The van der Waals surface area contributed by atoms with E-state index in [9.17, 15) is 0 Å². The van der Waals surface area contributed by atoms with Crippen LogP contribution < -0.4 is 4.74 Å². The van der Waals surface area contributed by atoms with Crippen molar-refractivity contribution in [2.24, 2.45) is 0 Å². The molecular formula is C10H15NO2. The molecule has 0 unspecified atom stereocenters. The minimum Gasteiger partial charge on any atom is -0.492 e. The normalized spacial score (nSPS) is 9.92. The highest BCUT2D eigenvalue weighted by atomic mass is 16.5. The zero-order valence-corrected chi connectivity index (χ0v) is 7.65. The number of ether oxygens (including phenoxy) is 1. The predicted molar refractivity (Wildman–Crippen MR) is 50.7 cm³/mol. The topological polar surface area (TPSA) is 42.4 Å². The van der Waals surface area contributed by atoms with Crippen LogP contribution >= 0.6 is 0 Å². The number of hydrogen-bond acceptors (Lipinski definition) is 3. The van der Waals surface area contributed by atoms with E-state index in [1.165, 1.54) is 0 Å². The summed E-state index contributed by atoms with van der Waals surface area (Å²) in [6.07, 6.45) is 6.27. The van der Waals surface area contributed by atoms with E-state index in [1.54, 1.807) is 12.4 Å². The van der Waals surface area contributed by atoms with Crippen molar-refractivity contribution >= 4 is 0 Å². The molecule has 0 saturated carbocycles. The number of nitrogens with zero attached hydrogens (tertiary/aromatic N) is 1. The molecule has 0 aliphatic carbocycles. The van der Waals surface area contributed by atoms with E-state index in [2.05, 4.69) is 4.98 Å². The summed E-state index contributed by atoms with van der Waals surface area (Å²) in [7, 11) is 0. The molecule has 0 amide bonds. The van der Waals surface area contributed by atoms with E-state index in [-0.39, 0.29) is 6.61 Å². The van der Waals surface area contributed by atoms with Crippen molar-refractivity contribution in [3.05, 3.63) is 24.5 Å². The highest BCUT2D eigenvalue weighted by Gasteiger charge is 1.91. The van der Waals surface area contributed by atoms with E-state index in [4.69, 9.17) is 9.84 Å². The molecule has 1 aromatic heterocycles. The summed E-state index contributed by atoms with van der Waals surface area (Å²) in [6, 6.07) is 3.74. The molecule has 72 valence electrons. The van der Waals surface area contributed by atoms with Gasteiger partial charge in [0.15, 0.2) is 0 Å². The Morgan fingerprint density at radius 2 is 2.23 bits per heavy atom. The van der Waals surface area contributed by atoms with Gasteiger partial charge in [-0.1, -0.05) is 0 Å². The van der Waals surface area contributed by atoms with Crippen LogP contribution in [0.2, 0.25) is 0 Å². The van der Waals surface area contributed by atoms with Crippen LogP contribution in [0.5, 0.6) is 5.75 Å². The van der Waals surface area contributed by atoms with Crippen molar-refractivity contribution in [2.45, 2.75) is 19.3 Å². The van der Waals surface area contributed by atoms with E-state index >= 15 is 0 Å². The second-order valence-electron chi connectivity index (χ2n) is 2.82. The lowest BCUT2D eigenvalue weighted by molar-refractivity contribution is 0.266. The first-order chi connectivity index (χ1) is 6.43. The summed E-state index contributed by atoms with van der Waals surface area (Å²) in [5.74, 6) is 0.812. The van der Waals surface area contributed by atoms with Crippen molar-refractivity contribution in [3.63, 3.8) is 0 Å². The van der Waals surface area contributed by atoms with Gasteiger partial charge in [0.25, 0.3) is 0 Å². The molecular weight excluding hydrogens is 166 g/mol. The molecule has 3 heteroatoms. The van der Waals surface area contributed by atoms with Gasteiger partial charge in [-0.15, -0.1) is 0 Å². The maximum atomic E-state index is 8.53. The first kappa shape index (κ1) is 9.99. The van der Waals surface area contributed by atoms with E-state index in [0.717, 1.165) is 25.0 Å². The number of aliphatic hydroxyl groups is 1. The second-order valence-corrected chi connectivity index (χ2v) is 2.82. The largest absolute Gasteiger partial charge is 0.492 e. The standard InChI is InChI=1S/C10H15NO2/c12-7-2-1-3-8-13-10-5-4-6-11-9-10/h4-6,9,12H,1-3,7-8H2. The van der Waals surface area contributed by atoms with E-state index in [1.807, 2.05) is 12.1 Å². The molecule has 3 nitrogen and oxygen atoms in total. The number of aliphatic hydroxyl groups excluding tert-OH is 1. The van der Waals surface area contributed by atoms with Crippen LogP contribution in [0, 0.1) is 0 Å². The molecule has 0 atom stereocenters. The molecule has 1 rings (SSSR count). The first-order valence-corrected chi connectivity index (χ1v) is 4.57. The first-order valence-electron chi connectivity index (χ1n) is 4.57. The Bertz CT molecular complexity index is 213. The summed E-state index contributed by atoms with van der Waals surface area (Å²) in [5.41, 5.74) is 0. The Kier molecular flexibility index (Phi) is 4.94. The highest BCUT2D eigenvalue weighted by Crippen LogP contribution is 2.07. The molecule has 1 N–H and O–H groups in total. The third-order valence-corrected chi connectivity index (χ3v) is 1.71. The van der Waals surface area contributed by atoms with Gasteiger partial charge >= 0.3 is 0 Å². The summed E-state index contributed by atoms with van der Waals surface area (Å²) < 4.78 is 5.41. The lowest BCUT2D eigenvalue weighted by Gasteiger charge is -2.03. The van der Waals surface area contributed by atoms with Crippen LogP contribution in [0.25, 0.3) is 0 Å².